The molecule has 0 saturated heterocycles. The first-order valence-corrected chi connectivity index (χ1v) is 10.9. The molecule has 170 valence electrons. The quantitative estimate of drug-likeness (QED) is 0.317. The molecule has 0 aliphatic carbocycles. The van der Waals surface area contributed by atoms with E-state index in [2.05, 4.69) is 16.0 Å². The van der Waals surface area contributed by atoms with Crippen LogP contribution in [-0.2, 0) is 4.79 Å². The number of thiocarbonyl (C=S) groups is 1. The van der Waals surface area contributed by atoms with Crippen LogP contribution in [-0.4, -0.2) is 30.1 Å². The minimum atomic E-state index is -0.335. The number of amides is 2. The molecular weight excluding hydrogens is 438 g/mol. The minimum absolute atomic E-state index is 0.0598. The highest BCUT2D eigenvalue weighted by atomic mass is 32.1. The standard InChI is InChI=1S/C25H25N3O4S/c1-2-23(29)26-19-10-12-20(13-11-19)27-25(33)28-24(30)18-8-14-22(15-9-18)32-17-16-31-21-6-4-3-5-7-21/h3-15H,2,16-17H2,1H3,(H,26,29)(H2,27,28,30,33). The fraction of sp³-hybridized carbons (Fsp3) is 0.160. The van der Waals surface area contributed by atoms with Gasteiger partial charge in [0.2, 0.25) is 5.91 Å². The Bertz CT molecular complexity index is 1070. The van der Waals surface area contributed by atoms with Crippen molar-refractivity contribution in [3.05, 3.63) is 84.4 Å². The summed E-state index contributed by atoms with van der Waals surface area (Å²) in [4.78, 5) is 23.9. The molecule has 0 unspecified atom stereocenters. The van der Waals surface area contributed by atoms with E-state index >= 15 is 0 Å². The summed E-state index contributed by atoms with van der Waals surface area (Å²) in [5.41, 5.74) is 1.83. The maximum absolute atomic E-state index is 12.4. The normalized spacial score (nSPS) is 10.1. The highest BCUT2D eigenvalue weighted by molar-refractivity contribution is 7.80. The van der Waals surface area contributed by atoms with Gasteiger partial charge in [0.25, 0.3) is 5.91 Å². The van der Waals surface area contributed by atoms with Crippen molar-refractivity contribution in [3.8, 4) is 11.5 Å². The predicted molar refractivity (Wildman–Crippen MR) is 133 cm³/mol. The average Bonchev–Trinajstić information content (AvgIpc) is 2.84. The predicted octanol–water partition coefficient (Wildman–Crippen LogP) is 4.62. The summed E-state index contributed by atoms with van der Waals surface area (Å²) < 4.78 is 11.2. The van der Waals surface area contributed by atoms with Crippen LogP contribution in [0.4, 0.5) is 11.4 Å². The topological polar surface area (TPSA) is 88.7 Å². The van der Waals surface area contributed by atoms with Crippen LogP contribution in [0.5, 0.6) is 11.5 Å². The second-order valence-electron chi connectivity index (χ2n) is 6.92. The Morgan fingerprint density at radius 3 is 1.88 bits per heavy atom. The van der Waals surface area contributed by atoms with Crippen LogP contribution in [0.3, 0.4) is 0 Å². The molecule has 0 radical (unpaired) electrons. The van der Waals surface area contributed by atoms with E-state index in [4.69, 9.17) is 21.7 Å². The van der Waals surface area contributed by atoms with Gasteiger partial charge in [-0.2, -0.15) is 0 Å². The second-order valence-corrected chi connectivity index (χ2v) is 7.33. The van der Waals surface area contributed by atoms with Crippen LogP contribution < -0.4 is 25.4 Å². The van der Waals surface area contributed by atoms with Crippen molar-refractivity contribution in [1.29, 1.82) is 0 Å². The summed E-state index contributed by atoms with van der Waals surface area (Å²) in [5.74, 6) is 1.03. The molecule has 0 fully saturated rings. The molecule has 7 nitrogen and oxygen atoms in total. The third-order valence-corrected chi connectivity index (χ3v) is 4.66. The van der Waals surface area contributed by atoms with Gasteiger partial charge in [0, 0.05) is 23.4 Å². The number of para-hydroxylation sites is 1. The Kier molecular flexibility index (Phi) is 8.79. The highest BCUT2D eigenvalue weighted by Crippen LogP contribution is 2.15. The molecule has 0 aliphatic rings. The van der Waals surface area contributed by atoms with Gasteiger partial charge >= 0.3 is 0 Å². The van der Waals surface area contributed by atoms with Gasteiger partial charge in [-0.05, 0) is 72.9 Å². The van der Waals surface area contributed by atoms with Gasteiger partial charge in [-0.15, -0.1) is 0 Å². The van der Waals surface area contributed by atoms with E-state index in [1.54, 1.807) is 55.5 Å². The maximum Gasteiger partial charge on any atom is 0.257 e. The van der Waals surface area contributed by atoms with Crippen molar-refractivity contribution in [3.63, 3.8) is 0 Å². The molecule has 0 saturated carbocycles. The third kappa shape index (κ3) is 7.93. The molecule has 0 bridgehead atoms. The van der Waals surface area contributed by atoms with Crippen LogP contribution in [0.15, 0.2) is 78.9 Å². The molecule has 0 heterocycles. The number of carbonyl (C=O) groups is 2. The Labute approximate surface area is 198 Å². The van der Waals surface area contributed by atoms with Gasteiger partial charge in [0.1, 0.15) is 24.7 Å². The summed E-state index contributed by atoms with van der Waals surface area (Å²) in [5, 5.41) is 8.52. The molecule has 3 N–H and O–H groups in total. The van der Waals surface area contributed by atoms with Crippen molar-refractivity contribution in [2.75, 3.05) is 23.8 Å². The average molecular weight is 464 g/mol. The lowest BCUT2D eigenvalue weighted by molar-refractivity contribution is -0.115. The summed E-state index contributed by atoms with van der Waals surface area (Å²) in [7, 11) is 0. The van der Waals surface area contributed by atoms with E-state index in [0.29, 0.717) is 42.3 Å². The molecule has 0 aromatic heterocycles. The zero-order valence-electron chi connectivity index (χ0n) is 18.2. The van der Waals surface area contributed by atoms with Crippen LogP contribution in [0.2, 0.25) is 0 Å². The number of ether oxygens (including phenoxy) is 2. The van der Waals surface area contributed by atoms with E-state index < -0.39 is 0 Å². The SMILES string of the molecule is CCC(=O)Nc1ccc(NC(=S)NC(=O)c2ccc(OCCOc3ccccc3)cc2)cc1. The van der Waals surface area contributed by atoms with Gasteiger partial charge in [0.15, 0.2) is 5.11 Å². The van der Waals surface area contributed by atoms with E-state index in [9.17, 15) is 9.59 Å². The Balaban J connectivity index is 1.42. The zero-order chi connectivity index (χ0) is 23.5. The third-order valence-electron chi connectivity index (χ3n) is 4.46. The highest BCUT2D eigenvalue weighted by Gasteiger charge is 2.09. The summed E-state index contributed by atoms with van der Waals surface area (Å²) in [6.45, 7) is 2.59. The van der Waals surface area contributed by atoms with E-state index in [1.165, 1.54) is 0 Å². The van der Waals surface area contributed by atoms with Crippen LogP contribution in [0, 0.1) is 0 Å². The largest absolute Gasteiger partial charge is 0.490 e. The first kappa shape index (κ1) is 23.7. The Morgan fingerprint density at radius 1 is 0.758 bits per heavy atom. The van der Waals surface area contributed by atoms with E-state index in [-0.39, 0.29) is 16.9 Å². The first-order valence-electron chi connectivity index (χ1n) is 10.5. The van der Waals surface area contributed by atoms with Crippen molar-refractivity contribution in [1.82, 2.24) is 5.32 Å². The Morgan fingerprint density at radius 2 is 1.30 bits per heavy atom. The molecule has 3 aromatic carbocycles. The summed E-state index contributed by atoms with van der Waals surface area (Å²) in [6, 6.07) is 23.3. The number of hydrogen-bond acceptors (Lipinski definition) is 5. The molecule has 0 spiro atoms. The number of carbonyl (C=O) groups excluding carboxylic acids is 2. The minimum Gasteiger partial charge on any atom is -0.490 e. The number of rotatable bonds is 9. The van der Waals surface area contributed by atoms with Crippen molar-refractivity contribution < 1.29 is 19.1 Å². The molecule has 33 heavy (non-hydrogen) atoms. The molecule has 3 rings (SSSR count). The lowest BCUT2D eigenvalue weighted by atomic mass is 10.2. The molecule has 0 aliphatic heterocycles. The smallest absolute Gasteiger partial charge is 0.257 e. The summed E-state index contributed by atoms with van der Waals surface area (Å²) in [6.07, 6.45) is 0.409. The number of nitrogens with one attached hydrogen (secondary N) is 3. The van der Waals surface area contributed by atoms with Gasteiger partial charge in [0.05, 0.1) is 0 Å². The number of hydrogen-bond donors (Lipinski definition) is 3. The number of anilines is 2. The van der Waals surface area contributed by atoms with Crippen molar-refractivity contribution in [2.45, 2.75) is 13.3 Å². The fourth-order valence-electron chi connectivity index (χ4n) is 2.76. The maximum atomic E-state index is 12.4. The van der Waals surface area contributed by atoms with Crippen LogP contribution in [0.25, 0.3) is 0 Å². The van der Waals surface area contributed by atoms with Gasteiger partial charge in [-0.1, -0.05) is 25.1 Å². The van der Waals surface area contributed by atoms with Gasteiger partial charge in [-0.3, -0.25) is 14.9 Å². The first-order chi connectivity index (χ1) is 16.0. The molecule has 2 amide bonds. The van der Waals surface area contributed by atoms with E-state index in [0.717, 1.165) is 5.75 Å². The monoisotopic (exact) mass is 463 g/mol. The van der Waals surface area contributed by atoms with Gasteiger partial charge < -0.3 is 20.1 Å². The van der Waals surface area contributed by atoms with Crippen molar-refractivity contribution in [2.24, 2.45) is 0 Å². The Hall–Kier alpha value is -3.91. The lowest BCUT2D eigenvalue weighted by Gasteiger charge is -2.11. The fourth-order valence-corrected chi connectivity index (χ4v) is 2.97. The molecule has 3 aromatic rings. The van der Waals surface area contributed by atoms with Gasteiger partial charge in [-0.25, -0.2) is 0 Å². The molecule has 0 atom stereocenters. The molecule has 8 heteroatoms. The second kappa shape index (κ2) is 12.2. The van der Waals surface area contributed by atoms with Crippen LogP contribution in [0.1, 0.15) is 23.7 Å². The lowest BCUT2D eigenvalue weighted by Crippen LogP contribution is -2.34. The number of benzene rings is 3. The summed E-state index contributed by atoms with van der Waals surface area (Å²) >= 11 is 5.22. The zero-order valence-corrected chi connectivity index (χ0v) is 19.0. The van der Waals surface area contributed by atoms with E-state index in [1.807, 2.05) is 30.3 Å². The molecular formula is C25H25N3O4S. The van der Waals surface area contributed by atoms with Crippen molar-refractivity contribution >= 4 is 40.5 Å². The van der Waals surface area contributed by atoms with Crippen LogP contribution >= 0.6 is 12.2 Å².